The summed E-state index contributed by atoms with van der Waals surface area (Å²) in [5.41, 5.74) is 3.72. The molecule has 0 saturated carbocycles. The molecule has 0 saturated heterocycles. The van der Waals surface area contributed by atoms with Crippen LogP contribution in [0.1, 0.15) is 45.1 Å². The molecule has 7 heteroatoms. The van der Waals surface area contributed by atoms with Crippen LogP contribution in [0, 0.1) is 6.92 Å². The largest absolute Gasteiger partial charge is 0.338 e. The van der Waals surface area contributed by atoms with E-state index >= 15 is 0 Å². The summed E-state index contributed by atoms with van der Waals surface area (Å²) in [5.74, 6) is 0.309. The molecule has 180 valence electrons. The van der Waals surface area contributed by atoms with Crippen LogP contribution in [-0.4, -0.2) is 46.3 Å². The maximum absolute atomic E-state index is 13.0. The zero-order valence-corrected chi connectivity index (χ0v) is 20.4. The monoisotopic (exact) mass is 461 g/mol. The number of carbonyl (C=O) groups is 2. The first-order valence-electron chi connectivity index (χ1n) is 12.1. The van der Waals surface area contributed by atoms with Crippen molar-refractivity contribution < 1.29 is 9.59 Å². The lowest BCUT2D eigenvalue weighted by Gasteiger charge is -2.22. The number of unbranched alkanes of at least 4 members (excludes halogenated alkanes) is 2. The van der Waals surface area contributed by atoms with Gasteiger partial charge < -0.3 is 15.5 Å². The molecule has 3 aromatic rings. The van der Waals surface area contributed by atoms with Gasteiger partial charge in [0.05, 0.1) is 11.4 Å². The van der Waals surface area contributed by atoms with E-state index in [2.05, 4.69) is 24.5 Å². The van der Waals surface area contributed by atoms with Crippen LogP contribution >= 0.6 is 0 Å². The molecule has 2 aromatic carbocycles. The molecule has 0 radical (unpaired) electrons. The van der Waals surface area contributed by atoms with E-state index in [1.54, 1.807) is 9.58 Å². The fraction of sp³-hybridized carbons (Fsp3) is 0.370. The molecule has 0 unspecified atom stereocenters. The van der Waals surface area contributed by atoms with Crippen molar-refractivity contribution in [3.63, 3.8) is 0 Å². The highest BCUT2D eigenvalue weighted by Gasteiger charge is 2.19. The number of nitrogens with zero attached hydrogens (tertiary/aromatic N) is 3. The second kappa shape index (κ2) is 12.6. The van der Waals surface area contributed by atoms with Gasteiger partial charge in [-0.05, 0) is 31.9 Å². The van der Waals surface area contributed by atoms with Crippen molar-refractivity contribution in [2.45, 2.75) is 46.5 Å². The molecule has 34 heavy (non-hydrogen) atoms. The van der Waals surface area contributed by atoms with Crippen molar-refractivity contribution >= 4 is 17.8 Å². The molecular weight excluding hydrogens is 426 g/mol. The average Bonchev–Trinajstić information content (AvgIpc) is 3.26. The van der Waals surface area contributed by atoms with Gasteiger partial charge in [0.15, 0.2) is 0 Å². The molecule has 1 heterocycles. The molecule has 2 N–H and O–H groups in total. The van der Waals surface area contributed by atoms with Gasteiger partial charge in [-0.15, -0.1) is 0 Å². The lowest BCUT2D eigenvalue weighted by molar-refractivity contribution is -0.116. The van der Waals surface area contributed by atoms with Gasteiger partial charge in [-0.1, -0.05) is 74.7 Å². The number of nitrogens with one attached hydrogen (secondary N) is 2. The molecule has 7 nitrogen and oxygen atoms in total. The Hall–Kier alpha value is -3.61. The molecule has 3 amide bonds. The molecular formula is C27H35N5O2. The summed E-state index contributed by atoms with van der Waals surface area (Å²) < 4.78 is 1.73. The van der Waals surface area contributed by atoms with Gasteiger partial charge in [-0.3, -0.25) is 4.79 Å². The number of rotatable bonds is 11. The molecule has 1 aromatic heterocycles. The summed E-state index contributed by atoms with van der Waals surface area (Å²) >= 11 is 0. The highest BCUT2D eigenvalue weighted by atomic mass is 16.2. The summed E-state index contributed by atoms with van der Waals surface area (Å²) in [4.78, 5) is 27.3. The van der Waals surface area contributed by atoms with Gasteiger partial charge in [0, 0.05) is 24.7 Å². The second-order valence-corrected chi connectivity index (χ2v) is 8.44. The van der Waals surface area contributed by atoms with E-state index < -0.39 is 0 Å². The third kappa shape index (κ3) is 6.94. The Bertz CT molecular complexity index is 1060. The lowest BCUT2D eigenvalue weighted by atomic mass is 10.1. The number of hydrogen-bond acceptors (Lipinski definition) is 3. The zero-order valence-electron chi connectivity index (χ0n) is 20.4. The van der Waals surface area contributed by atoms with Crippen LogP contribution in [0.25, 0.3) is 16.9 Å². The predicted octanol–water partition coefficient (Wildman–Crippen LogP) is 5.40. The Labute approximate surface area is 202 Å². The van der Waals surface area contributed by atoms with E-state index in [0.717, 1.165) is 48.2 Å². The summed E-state index contributed by atoms with van der Waals surface area (Å²) in [6, 6.07) is 19.5. The average molecular weight is 462 g/mol. The van der Waals surface area contributed by atoms with Gasteiger partial charge in [0.25, 0.3) is 0 Å². The summed E-state index contributed by atoms with van der Waals surface area (Å²) in [5, 5.41) is 10.7. The number of benzene rings is 2. The van der Waals surface area contributed by atoms with E-state index in [0.29, 0.717) is 18.9 Å². The van der Waals surface area contributed by atoms with Gasteiger partial charge >= 0.3 is 6.03 Å². The fourth-order valence-corrected chi connectivity index (χ4v) is 3.54. The van der Waals surface area contributed by atoms with E-state index in [-0.39, 0.29) is 18.5 Å². The molecule has 0 spiro atoms. The lowest BCUT2D eigenvalue weighted by Crippen LogP contribution is -2.44. The van der Waals surface area contributed by atoms with Crippen molar-refractivity contribution in [3.05, 3.63) is 66.2 Å². The second-order valence-electron chi connectivity index (χ2n) is 8.44. The van der Waals surface area contributed by atoms with Crippen LogP contribution in [0.15, 0.2) is 60.7 Å². The van der Waals surface area contributed by atoms with Crippen LogP contribution in [0.5, 0.6) is 0 Å². The minimum Gasteiger partial charge on any atom is -0.338 e. The summed E-state index contributed by atoms with van der Waals surface area (Å²) in [7, 11) is 0. The SMILES string of the molecule is CCCCNC(=O)N(CCCC)CC(=O)Nc1cc(-c2ccccc2)nn1-c1ccc(C)cc1. The molecule has 0 aliphatic rings. The van der Waals surface area contributed by atoms with E-state index in [4.69, 9.17) is 5.10 Å². The standard InChI is InChI=1S/C27H35N5O2/c1-4-6-17-28-27(34)31(18-7-5-2)20-26(33)29-25-19-24(22-11-9-8-10-12-22)30-32(25)23-15-13-21(3)14-16-23/h8-16,19H,4-7,17-18,20H2,1-3H3,(H,28,34)(H,29,33). The molecule has 0 fully saturated rings. The maximum atomic E-state index is 13.0. The molecule has 3 rings (SSSR count). The third-order valence-electron chi connectivity index (χ3n) is 5.53. The first-order valence-corrected chi connectivity index (χ1v) is 12.1. The van der Waals surface area contributed by atoms with Crippen molar-refractivity contribution in [1.29, 1.82) is 0 Å². The van der Waals surface area contributed by atoms with Gasteiger partial charge in [0.1, 0.15) is 12.4 Å². The maximum Gasteiger partial charge on any atom is 0.317 e. The number of amides is 3. The van der Waals surface area contributed by atoms with Crippen LogP contribution in [0.4, 0.5) is 10.6 Å². The quantitative estimate of drug-likeness (QED) is 0.375. The van der Waals surface area contributed by atoms with Crippen LogP contribution < -0.4 is 10.6 Å². The highest BCUT2D eigenvalue weighted by Crippen LogP contribution is 2.25. The van der Waals surface area contributed by atoms with Crippen molar-refractivity contribution in [1.82, 2.24) is 20.0 Å². The topological polar surface area (TPSA) is 79.3 Å². The number of urea groups is 1. The zero-order chi connectivity index (χ0) is 24.3. The molecule has 0 aliphatic carbocycles. The Morgan fingerprint density at radius 2 is 1.68 bits per heavy atom. The Kier molecular flexibility index (Phi) is 9.26. The first kappa shape index (κ1) is 25.0. The predicted molar refractivity (Wildman–Crippen MR) is 137 cm³/mol. The first-order chi connectivity index (χ1) is 16.5. The number of aromatic nitrogens is 2. The van der Waals surface area contributed by atoms with Crippen molar-refractivity contribution in [2.75, 3.05) is 25.0 Å². The number of aryl methyl sites for hydroxylation is 1. The van der Waals surface area contributed by atoms with E-state index in [1.165, 1.54) is 0 Å². The minimum atomic E-state index is -0.255. The number of anilines is 1. The Balaban J connectivity index is 1.81. The summed E-state index contributed by atoms with van der Waals surface area (Å²) in [6.45, 7) is 7.31. The van der Waals surface area contributed by atoms with Crippen LogP contribution in [-0.2, 0) is 4.79 Å². The van der Waals surface area contributed by atoms with E-state index in [1.807, 2.05) is 67.6 Å². The Morgan fingerprint density at radius 1 is 0.971 bits per heavy atom. The van der Waals surface area contributed by atoms with Gasteiger partial charge in [-0.2, -0.15) is 5.10 Å². The number of hydrogen-bond donors (Lipinski definition) is 2. The minimum absolute atomic E-state index is 0.0162. The third-order valence-corrected chi connectivity index (χ3v) is 5.53. The van der Waals surface area contributed by atoms with Crippen LogP contribution in [0.3, 0.4) is 0 Å². The van der Waals surface area contributed by atoms with Gasteiger partial charge in [-0.25, -0.2) is 9.48 Å². The number of carbonyl (C=O) groups excluding carboxylic acids is 2. The molecule has 0 aliphatic heterocycles. The smallest absolute Gasteiger partial charge is 0.317 e. The van der Waals surface area contributed by atoms with E-state index in [9.17, 15) is 9.59 Å². The van der Waals surface area contributed by atoms with Crippen molar-refractivity contribution in [2.24, 2.45) is 0 Å². The molecule has 0 bridgehead atoms. The van der Waals surface area contributed by atoms with Crippen LogP contribution in [0.2, 0.25) is 0 Å². The van der Waals surface area contributed by atoms with Gasteiger partial charge in [0.2, 0.25) is 5.91 Å². The van der Waals surface area contributed by atoms with Crippen molar-refractivity contribution in [3.8, 4) is 16.9 Å². The fourth-order valence-electron chi connectivity index (χ4n) is 3.54. The highest BCUT2D eigenvalue weighted by molar-refractivity contribution is 5.94. The normalized spacial score (nSPS) is 10.7. The molecule has 0 atom stereocenters. The summed E-state index contributed by atoms with van der Waals surface area (Å²) in [6.07, 6.45) is 3.70. The Morgan fingerprint density at radius 3 is 2.35 bits per heavy atom.